The van der Waals surface area contributed by atoms with Crippen LogP contribution in [-0.2, 0) is 4.79 Å². The van der Waals surface area contributed by atoms with Crippen molar-refractivity contribution in [3.05, 3.63) is 30.3 Å². The summed E-state index contributed by atoms with van der Waals surface area (Å²) < 4.78 is 5.88. The molecule has 2 aliphatic heterocycles. The molecule has 1 amide bonds. The molecule has 4 nitrogen and oxygen atoms in total. The number of hydrogen-bond acceptors (Lipinski definition) is 4. The topological polar surface area (TPSA) is 32.8 Å². The van der Waals surface area contributed by atoms with E-state index in [1.165, 1.54) is 25.9 Å². The molecule has 3 rings (SSSR count). The third-order valence-electron chi connectivity index (χ3n) is 4.79. The maximum absolute atomic E-state index is 13.0. The SMILES string of the molecule is C[C@@H](Oc1ccccc1)C(=O)N1CCCSC[C@H]1CN1CCCC1. The largest absolute Gasteiger partial charge is 0.481 e. The van der Waals surface area contributed by atoms with Crippen LogP contribution in [0.1, 0.15) is 26.2 Å². The van der Waals surface area contributed by atoms with Gasteiger partial charge in [-0.3, -0.25) is 4.79 Å². The van der Waals surface area contributed by atoms with Crippen LogP contribution in [0.2, 0.25) is 0 Å². The van der Waals surface area contributed by atoms with Gasteiger partial charge in [-0.15, -0.1) is 0 Å². The van der Waals surface area contributed by atoms with E-state index in [1.54, 1.807) is 0 Å². The molecule has 0 unspecified atom stereocenters. The fourth-order valence-corrected chi connectivity index (χ4v) is 4.58. The summed E-state index contributed by atoms with van der Waals surface area (Å²) in [5, 5.41) is 0. The predicted octanol–water partition coefficient (Wildman–Crippen LogP) is 2.88. The van der Waals surface area contributed by atoms with Gasteiger partial charge in [0.1, 0.15) is 5.75 Å². The van der Waals surface area contributed by atoms with Gasteiger partial charge in [-0.25, -0.2) is 0 Å². The zero-order chi connectivity index (χ0) is 16.8. The fourth-order valence-electron chi connectivity index (χ4n) is 3.52. The van der Waals surface area contributed by atoms with Crippen molar-refractivity contribution in [1.29, 1.82) is 0 Å². The lowest BCUT2D eigenvalue weighted by molar-refractivity contribution is -0.140. The summed E-state index contributed by atoms with van der Waals surface area (Å²) in [5.74, 6) is 3.08. The molecule has 2 saturated heterocycles. The Labute approximate surface area is 149 Å². The molecule has 132 valence electrons. The smallest absolute Gasteiger partial charge is 0.263 e. The van der Waals surface area contributed by atoms with Gasteiger partial charge in [0.2, 0.25) is 0 Å². The van der Waals surface area contributed by atoms with E-state index >= 15 is 0 Å². The number of ether oxygens (including phenoxy) is 1. The van der Waals surface area contributed by atoms with E-state index in [1.807, 2.05) is 49.0 Å². The Balaban J connectivity index is 1.64. The molecule has 24 heavy (non-hydrogen) atoms. The Morgan fingerprint density at radius 3 is 2.71 bits per heavy atom. The zero-order valence-corrected chi connectivity index (χ0v) is 15.3. The number of benzene rings is 1. The first-order valence-electron chi connectivity index (χ1n) is 9.06. The Morgan fingerprint density at radius 2 is 1.96 bits per heavy atom. The minimum absolute atomic E-state index is 0.130. The third kappa shape index (κ3) is 4.67. The second-order valence-electron chi connectivity index (χ2n) is 6.69. The monoisotopic (exact) mass is 348 g/mol. The molecule has 2 fully saturated rings. The van der Waals surface area contributed by atoms with Gasteiger partial charge >= 0.3 is 0 Å². The Hall–Kier alpha value is -1.20. The highest BCUT2D eigenvalue weighted by Crippen LogP contribution is 2.21. The molecule has 0 N–H and O–H groups in total. The standard InChI is InChI=1S/C19H28N2O2S/c1-16(23-18-8-3-2-4-9-18)19(22)21-12-7-13-24-15-17(21)14-20-10-5-6-11-20/h2-4,8-9,16-17H,5-7,10-15H2,1H3/t16-,17-/m1/s1. The van der Waals surface area contributed by atoms with Crippen molar-refractivity contribution < 1.29 is 9.53 Å². The van der Waals surface area contributed by atoms with Crippen molar-refractivity contribution in [3.63, 3.8) is 0 Å². The van der Waals surface area contributed by atoms with Crippen LogP contribution >= 0.6 is 11.8 Å². The highest BCUT2D eigenvalue weighted by Gasteiger charge is 2.31. The van der Waals surface area contributed by atoms with Gasteiger partial charge < -0.3 is 14.5 Å². The lowest BCUT2D eigenvalue weighted by Gasteiger charge is -2.34. The molecule has 0 saturated carbocycles. The van der Waals surface area contributed by atoms with Gasteiger partial charge in [-0.2, -0.15) is 11.8 Å². The van der Waals surface area contributed by atoms with Crippen LogP contribution < -0.4 is 4.74 Å². The number of likely N-dealkylation sites (tertiary alicyclic amines) is 1. The second kappa shape index (κ2) is 8.77. The summed E-state index contributed by atoms with van der Waals surface area (Å²) in [7, 11) is 0. The summed E-state index contributed by atoms with van der Waals surface area (Å²) in [4.78, 5) is 17.6. The summed E-state index contributed by atoms with van der Waals surface area (Å²) >= 11 is 1.98. The molecule has 2 heterocycles. The first kappa shape index (κ1) is 17.6. The Kier molecular flexibility index (Phi) is 6.44. The predicted molar refractivity (Wildman–Crippen MR) is 99.6 cm³/mol. The average molecular weight is 349 g/mol. The number of rotatable bonds is 5. The van der Waals surface area contributed by atoms with Crippen LogP contribution in [0.3, 0.4) is 0 Å². The van der Waals surface area contributed by atoms with Crippen molar-refractivity contribution in [3.8, 4) is 5.75 Å². The molecule has 2 aliphatic rings. The van der Waals surface area contributed by atoms with Crippen molar-refractivity contribution in [1.82, 2.24) is 9.80 Å². The van der Waals surface area contributed by atoms with Gasteiger partial charge in [0.15, 0.2) is 6.10 Å². The number of carbonyl (C=O) groups excluding carboxylic acids is 1. The zero-order valence-electron chi connectivity index (χ0n) is 14.5. The molecule has 0 radical (unpaired) electrons. The maximum Gasteiger partial charge on any atom is 0.263 e. The molecule has 0 aliphatic carbocycles. The molecule has 0 spiro atoms. The van der Waals surface area contributed by atoms with Gasteiger partial charge in [0.05, 0.1) is 6.04 Å². The van der Waals surface area contributed by atoms with Gasteiger partial charge in [-0.1, -0.05) is 18.2 Å². The molecule has 1 aromatic carbocycles. The van der Waals surface area contributed by atoms with Crippen LogP contribution in [-0.4, -0.2) is 65.5 Å². The van der Waals surface area contributed by atoms with Crippen LogP contribution in [0.4, 0.5) is 0 Å². The Morgan fingerprint density at radius 1 is 1.21 bits per heavy atom. The Bertz CT molecular complexity index is 519. The summed E-state index contributed by atoms with van der Waals surface area (Å²) in [6.45, 7) is 6.10. The summed E-state index contributed by atoms with van der Waals surface area (Å²) in [6.07, 6.45) is 3.23. The van der Waals surface area contributed by atoms with Crippen molar-refractivity contribution in [2.45, 2.75) is 38.3 Å². The fraction of sp³-hybridized carbons (Fsp3) is 0.632. The molecule has 5 heteroatoms. The van der Waals surface area contributed by atoms with Crippen molar-refractivity contribution in [2.75, 3.05) is 37.7 Å². The van der Waals surface area contributed by atoms with Crippen molar-refractivity contribution in [2.24, 2.45) is 0 Å². The number of hydrogen-bond donors (Lipinski definition) is 0. The molecule has 0 aromatic heterocycles. The van der Waals surface area contributed by atoms with Gasteiger partial charge in [0, 0.05) is 18.8 Å². The minimum atomic E-state index is -0.434. The number of amides is 1. The first-order chi connectivity index (χ1) is 11.7. The van der Waals surface area contributed by atoms with Crippen molar-refractivity contribution >= 4 is 17.7 Å². The van der Waals surface area contributed by atoms with Crippen LogP contribution in [0.5, 0.6) is 5.75 Å². The van der Waals surface area contributed by atoms with Crippen LogP contribution in [0, 0.1) is 0 Å². The third-order valence-corrected chi connectivity index (χ3v) is 5.99. The molecule has 0 bridgehead atoms. The quantitative estimate of drug-likeness (QED) is 0.819. The van der Waals surface area contributed by atoms with E-state index in [9.17, 15) is 4.79 Å². The second-order valence-corrected chi connectivity index (χ2v) is 7.84. The van der Waals surface area contributed by atoms with Crippen LogP contribution in [0.25, 0.3) is 0 Å². The highest BCUT2D eigenvalue weighted by atomic mass is 32.2. The maximum atomic E-state index is 13.0. The number of nitrogens with zero attached hydrogens (tertiary/aromatic N) is 2. The molecule has 2 atom stereocenters. The van der Waals surface area contributed by atoms with E-state index in [0.29, 0.717) is 6.04 Å². The van der Waals surface area contributed by atoms with E-state index in [0.717, 1.165) is 36.8 Å². The van der Waals surface area contributed by atoms with E-state index < -0.39 is 6.10 Å². The normalized spacial score (nSPS) is 23.7. The molecule has 1 aromatic rings. The number of carbonyl (C=O) groups is 1. The first-order valence-corrected chi connectivity index (χ1v) is 10.2. The van der Waals surface area contributed by atoms with E-state index in [4.69, 9.17) is 4.74 Å². The number of para-hydroxylation sites is 1. The van der Waals surface area contributed by atoms with Gasteiger partial charge in [0.25, 0.3) is 5.91 Å². The van der Waals surface area contributed by atoms with Crippen LogP contribution in [0.15, 0.2) is 30.3 Å². The number of thioether (sulfide) groups is 1. The molecular formula is C19H28N2O2S. The summed E-state index contributed by atoms with van der Waals surface area (Å²) in [5.41, 5.74) is 0. The van der Waals surface area contributed by atoms with E-state index in [2.05, 4.69) is 9.80 Å². The average Bonchev–Trinajstić information content (AvgIpc) is 3.00. The van der Waals surface area contributed by atoms with Gasteiger partial charge in [-0.05, 0) is 57.2 Å². The van der Waals surface area contributed by atoms with E-state index in [-0.39, 0.29) is 5.91 Å². The minimum Gasteiger partial charge on any atom is -0.481 e. The lowest BCUT2D eigenvalue weighted by Crippen LogP contribution is -2.51. The lowest BCUT2D eigenvalue weighted by atomic mass is 10.2. The highest BCUT2D eigenvalue weighted by molar-refractivity contribution is 7.99. The molecular weight excluding hydrogens is 320 g/mol. The summed E-state index contributed by atoms with van der Waals surface area (Å²) in [6, 6.07) is 9.95.